The third kappa shape index (κ3) is 3.55. The van der Waals surface area contributed by atoms with Crippen molar-refractivity contribution in [1.82, 2.24) is 0 Å². The molecule has 2 unspecified atom stereocenters. The van der Waals surface area contributed by atoms with Crippen molar-refractivity contribution in [1.29, 1.82) is 0 Å². The van der Waals surface area contributed by atoms with Gasteiger partial charge in [-0.15, -0.1) is 35.3 Å². The molecule has 0 amide bonds. The van der Waals surface area contributed by atoms with Gasteiger partial charge in [0.05, 0.1) is 3.91 Å². The maximum absolute atomic E-state index is 4.65. The Balaban J connectivity index is 2.41. The Morgan fingerprint density at radius 2 is 2.36 bits per heavy atom. The van der Waals surface area contributed by atoms with Gasteiger partial charge in [-0.05, 0) is 6.42 Å². The van der Waals surface area contributed by atoms with E-state index in [1.807, 2.05) is 35.3 Å². The molecular formula is C6H12S5. The molecule has 5 heteroatoms. The molecule has 1 fully saturated rings. The van der Waals surface area contributed by atoms with Crippen molar-refractivity contribution in [3.8, 4) is 0 Å². The van der Waals surface area contributed by atoms with Crippen LogP contribution >= 0.6 is 60.5 Å². The second-order valence-corrected chi connectivity index (χ2v) is 9.59. The largest absolute Gasteiger partial charge is 0.154 e. The molecule has 66 valence electrons. The molecule has 1 heterocycles. The Kier molecular flexibility index (Phi) is 4.76. The standard InChI is InChI=1S/C6H12S5/c1-2-3-6(8)10-4-9-5(7)11-6/h5,7-8H,2-4H2,1H3. The first-order valence-corrected chi connectivity index (χ1v) is 7.38. The van der Waals surface area contributed by atoms with Gasteiger partial charge in [0, 0.05) is 5.08 Å². The van der Waals surface area contributed by atoms with Crippen molar-refractivity contribution in [2.75, 3.05) is 5.08 Å². The number of thiol groups is 2. The van der Waals surface area contributed by atoms with E-state index in [1.165, 1.54) is 12.8 Å². The van der Waals surface area contributed by atoms with Crippen LogP contribution in [-0.2, 0) is 0 Å². The summed E-state index contributed by atoms with van der Waals surface area (Å²) in [6.45, 7) is 2.20. The first-order valence-electron chi connectivity index (χ1n) is 3.50. The van der Waals surface area contributed by atoms with Crippen molar-refractivity contribution < 1.29 is 0 Å². The monoisotopic (exact) mass is 244 g/mol. The van der Waals surface area contributed by atoms with E-state index in [0.29, 0.717) is 3.91 Å². The van der Waals surface area contributed by atoms with Crippen LogP contribution in [0, 0.1) is 0 Å². The fourth-order valence-electron chi connectivity index (χ4n) is 0.857. The van der Waals surface area contributed by atoms with Crippen LogP contribution in [0.2, 0.25) is 0 Å². The third-order valence-corrected chi connectivity index (χ3v) is 7.11. The van der Waals surface area contributed by atoms with E-state index in [9.17, 15) is 0 Å². The molecule has 0 aliphatic carbocycles. The molecule has 1 saturated heterocycles. The second-order valence-electron chi connectivity index (χ2n) is 2.32. The molecule has 11 heavy (non-hydrogen) atoms. The molecular weight excluding hydrogens is 232 g/mol. The van der Waals surface area contributed by atoms with Crippen LogP contribution in [0.15, 0.2) is 0 Å². The van der Waals surface area contributed by atoms with Gasteiger partial charge >= 0.3 is 0 Å². The van der Waals surface area contributed by atoms with E-state index < -0.39 is 0 Å². The SMILES string of the molecule is CCCC1(S)SCSC(S)S1. The van der Waals surface area contributed by atoms with E-state index in [1.54, 1.807) is 0 Å². The minimum atomic E-state index is 0.131. The summed E-state index contributed by atoms with van der Waals surface area (Å²) in [5.74, 6) is 0. The fraction of sp³-hybridized carbons (Fsp3) is 1.00. The molecule has 0 aromatic carbocycles. The second kappa shape index (κ2) is 4.84. The minimum Gasteiger partial charge on any atom is -0.154 e. The maximum atomic E-state index is 4.65. The highest BCUT2D eigenvalue weighted by Crippen LogP contribution is 2.55. The zero-order valence-electron chi connectivity index (χ0n) is 6.32. The number of thioether (sulfide) groups is 3. The van der Waals surface area contributed by atoms with Crippen LogP contribution in [-0.4, -0.2) is 12.4 Å². The molecule has 0 spiro atoms. The summed E-state index contributed by atoms with van der Waals surface area (Å²) in [4.78, 5) is 0. The van der Waals surface area contributed by atoms with E-state index in [-0.39, 0.29) is 3.41 Å². The molecule has 1 rings (SSSR count). The molecule has 1 aliphatic rings. The number of hydrogen-bond donors (Lipinski definition) is 2. The van der Waals surface area contributed by atoms with E-state index in [0.717, 1.165) is 5.08 Å². The lowest BCUT2D eigenvalue weighted by molar-refractivity contribution is 0.846. The molecule has 0 aromatic heterocycles. The third-order valence-electron chi connectivity index (χ3n) is 1.35. The minimum absolute atomic E-state index is 0.131. The van der Waals surface area contributed by atoms with Crippen molar-refractivity contribution in [3.63, 3.8) is 0 Å². The first kappa shape index (κ1) is 10.8. The Morgan fingerprint density at radius 3 is 2.91 bits per heavy atom. The molecule has 1 aliphatic heterocycles. The Morgan fingerprint density at radius 1 is 1.64 bits per heavy atom. The summed E-state index contributed by atoms with van der Waals surface area (Å²) >= 11 is 14.8. The number of hydrogen-bond acceptors (Lipinski definition) is 5. The van der Waals surface area contributed by atoms with Crippen LogP contribution in [0.25, 0.3) is 0 Å². The molecule has 0 N–H and O–H groups in total. The van der Waals surface area contributed by atoms with Gasteiger partial charge in [0.15, 0.2) is 0 Å². The highest BCUT2D eigenvalue weighted by atomic mass is 32.3. The van der Waals surface area contributed by atoms with Crippen LogP contribution < -0.4 is 0 Å². The average Bonchev–Trinajstić information content (AvgIpc) is 1.86. The lowest BCUT2D eigenvalue weighted by Gasteiger charge is -2.33. The predicted octanol–water partition coefficient (Wildman–Crippen LogP) is 3.75. The summed E-state index contributed by atoms with van der Waals surface area (Å²) in [5, 5.41) is 1.13. The van der Waals surface area contributed by atoms with Gasteiger partial charge in [0.1, 0.15) is 3.41 Å². The normalized spacial score (nSPS) is 39.0. The van der Waals surface area contributed by atoms with E-state index in [4.69, 9.17) is 0 Å². The Hall–Kier alpha value is 1.75. The van der Waals surface area contributed by atoms with E-state index in [2.05, 4.69) is 32.2 Å². The van der Waals surface area contributed by atoms with Gasteiger partial charge in [-0.1, -0.05) is 13.3 Å². The molecule has 2 atom stereocenters. The van der Waals surface area contributed by atoms with Gasteiger partial charge in [0.25, 0.3) is 0 Å². The predicted molar refractivity (Wildman–Crippen MR) is 67.0 cm³/mol. The highest BCUT2D eigenvalue weighted by molar-refractivity contribution is 8.44. The lowest BCUT2D eigenvalue weighted by Crippen LogP contribution is -2.18. The van der Waals surface area contributed by atoms with E-state index >= 15 is 0 Å². The van der Waals surface area contributed by atoms with Crippen molar-refractivity contribution in [2.24, 2.45) is 0 Å². The molecule has 0 aromatic rings. The van der Waals surface area contributed by atoms with Gasteiger partial charge in [-0.2, -0.15) is 25.3 Å². The van der Waals surface area contributed by atoms with Crippen molar-refractivity contribution >= 4 is 60.5 Å². The molecule has 0 bridgehead atoms. The van der Waals surface area contributed by atoms with Crippen LogP contribution in [0.5, 0.6) is 0 Å². The van der Waals surface area contributed by atoms with Gasteiger partial charge in [-0.25, -0.2) is 0 Å². The van der Waals surface area contributed by atoms with Crippen LogP contribution in [0.4, 0.5) is 0 Å². The van der Waals surface area contributed by atoms with Gasteiger partial charge in [0.2, 0.25) is 0 Å². The Bertz CT molecular complexity index is 124. The quantitative estimate of drug-likeness (QED) is 0.711. The summed E-state index contributed by atoms with van der Waals surface area (Å²) in [6.07, 6.45) is 2.37. The average molecular weight is 244 g/mol. The lowest BCUT2D eigenvalue weighted by atomic mass is 10.4. The number of rotatable bonds is 2. The van der Waals surface area contributed by atoms with Crippen molar-refractivity contribution in [3.05, 3.63) is 0 Å². The zero-order chi connectivity index (χ0) is 8.32. The summed E-state index contributed by atoms with van der Waals surface area (Å²) in [6, 6.07) is 0. The Labute approximate surface area is 92.2 Å². The summed E-state index contributed by atoms with van der Waals surface area (Å²) in [7, 11) is 0. The van der Waals surface area contributed by atoms with Crippen LogP contribution in [0.3, 0.4) is 0 Å². The van der Waals surface area contributed by atoms with Crippen molar-refractivity contribution in [2.45, 2.75) is 27.1 Å². The van der Waals surface area contributed by atoms with Gasteiger partial charge < -0.3 is 0 Å². The topological polar surface area (TPSA) is 0 Å². The maximum Gasteiger partial charge on any atom is 0.106 e. The molecule has 0 nitrogen and oxygen atoms in total. The zero-order valence-corrected chi connectivity index (χ0v) is 10.6. The molecule has 0 radical (unpaired) electrons. The summed E-state index contributed by atoms with van der Waals surface area (Å²) < 4.78 is 0.548. The van der Waals surface area contributed by atoms with Crippen LogP contribution in [0.1, 0.15) is 19.8 Å². The summed E-state index contributed by atoms with van der Waals surface area (Å²) in [5.41, 5.74) is 0. The first-order chi connectivity index (χ1) is 5.16. The van der Waals surface area contributed by atoms with Gasteiger partial charge in [-0.3, -0.25) is 0 Å². The molecule has 0 saturated carbocycles. The highest BCUT2D eigenvalue weighted by Gasteiger charge is 2.32. The fourth-order valence-corrected chi connectivity index (χ4v) is 8.54. The smallest absolute Gasteiger partial charge is 0.106 e.